The van der Waals surface area contributed by atoms with Crippen molar-refractivity contribution in [2.45, 2.75) is 13.0 Å². The molecule has 1 amide bonds. The first-order chi connectivity index (χ1) is 11.1. The summed E-state index contributed by atoms with van der Waals surface area (Å²) in [5, 5.41) is 2.96. The van der Waals surface area contributed by atoms with Gasteiger partial charge in [0, 0.05) is 6.07 Å². The van der Waals surface area contributed by atoms with Crippen molar-refractivity contribution in [2.75, 3.05) is 21.3 Å². The highest BCUT2D eigenvalue weighted by Gasteiger charge is 2.16. The molecule has 5 heteroatoms. The topological polar surface area (TPSA) is 56.8 Å². The number of methoxy groups -OCH3 is 3. The van der Waals surface area contributed by atoms with E-state index < -0.39 is 0 Å². The number of hydrogen-bond acceptors (Lipinski definition) is 4. The van der Waals surface area contributed by atoms with Gasteiger partial charge in [-0.3, -0.25) is 4.79 Å². The van der Waals surface area contributed by atoms with Gasteiger partial charge in [0.2, 0.25) is 0 Å². The lowest BCUT2D eigenvalue weighted by Crippen LogP contribution is -2.27. The summed E-state index contributed by atoms with van der Waals surface area (Å²) in [6, 6.07) is 12.6. The maximum Gasteiger partial charge on any atom is 0.255 e. The molecule has 0 aromatic heterocycles. The summed E-state index contributed by atoms with van der Waals surface area (Å²) < 4.78 is 15.5. The Hall–Kier alpha value is -2.69. The molecule has 0 radical (unpaired) electrons. The maximum atomic E-state index is 12.5. The second kappa shape index (κ2) is 7.54. The fourth-order valence-corrected chi connectivity index (χ4v) is 2.24. The smallest absolute Gasteiger partial charge is 0.255 e. The molecule has 0 saturated carbocycles. The van der Waals surface area contributed by atoms with Gasteiger partial charge in [0.15, 0.2) is 0 Å². The summed E-state index contributed by atoms with van der Waals surface area (Å²) in [4.78, 5) is 12.5. The van der Waals surface area contributed by atoms with E-state index in [1.807, 2.05) is 31.2 Å². The molecule has 2 aromatic rings. The van der Waals surface area contributed by atoms with Gasteiger partial charge in [-0.2, -0.15) is 0 Å². The third-order valence-corrected chi connectivity index (χ3v) is 3.62. The number of rotatable bonds is 6. The average Bonchev–Trinajstić information content (AvgIpc) is 2.60. The molecule has 2 aromatic carbocycles. The largest absolute Gasteiger partial charge is 0.497 e. The average molecular weight is 315 g/mol. The molecule has 0 aliphatic carbocycles. The van der Waals surface area contributed by atoms with Crippen LogP contribution in [-0.2, 0) is 0 Å². The van der Waals surface area contributed by atoms with Gasteiger partial charge in [0.05, 0.1) is 32.9 Å². The van der Waals surface area contributed by atoms with Crippen LogP contribution in [0.2, 0.25) is 0 Å². The number of carbonyl (C=O) groups excluding carboxylic acids is 1. The Balaban J connectivity index is 2.14. The molecule has 0 saturated heterocycles. The van der Waals surface area contributed by atoms with E-state index in [0.29, 0.717) is 17.1 Å². The van der Waals surface area contributed by atoms with Crippen LogP contribution in [0.3, 0.4) is 0 Å². The van der Waals surface area contributed by atoms with E-state index in [2.05, 4.69) is 5.32 Å². The molecule has 0 aliphatic rings. The van der Waals surface area contributed by atoms with Gasteiger partial charge in [-0.05, 0) is 36.8 Å². The van der Waals surface area contributed by atoms with E-state index in [9.17, 15) is 4.79 Å². The number of carbonyl (C=O) groups is 1. The molecule has 0 unspecified atom stereocenters. The minimum absolute atomic E-state index is 0.139. The first-order valence-electron chi connectivity index (χ1n) is 7.26. The van der Waals surface area contributed by atoms with E-state index in [4.69, 9.17) is 14.2 Å². The van der Waals surface area contributed by atoms with Crippen LogP contribution in [0.25, 0.3) is 0 Å². The second-order valence-corrected chi connectivity index (χ2v) is 5.03. The van der Waals surface area contributed by atoms with Gasteiger partial charge in [-0.25, -0.2) is 0 Å². The Morgan fingerprint density at radius 1 is 0.913 bits per heavy atom. The van der Waals surface area contributed by atoms with Crippen LogP contribution in [0.5, 0.6) is 17.2 Å². The summed E-state index contributed by atoms with van der Waals surface area (Å²) in [6.07, 6.45) is 0. The van der Waals surface area contributed by atoms with Crippen LogP contribution in [0, 0.1) is 0 Å². The summed E-state index contributed by atoms with van der Waals surface area (Å²) >= 11 is 0. The Morgan fingerprint density at radius 2 is 1.52 bits per heavy atom. The van der Waals surface area contributed by atoms with Crippen molar-refractivity contribution in [1.82, 2.24) is 5.32 Å². The second-order valence-electron chi connectivity index (χ2n) is 5.03. The zero-order valence-corrected chi connectivity index (χ0v) is 13.8. The summed E-state index contributed by atoms with van der Waals surface area (Å²) in [5.74, 6) is 1.70. The highest BCUT2D eigenvalue weighted by molar-refractivity contribution is 5.97. The quantitative estimate of drug-likeness (QED) is 0.889. The van der Waals surface area contributed by atoms with Crippen molar-refractivity contribution in [3.05, 3.63) is 53.6 Å². The van der Waals surface area contributed by atoms with Crippen LogP contribution in [0.4, 0.5) is 0 Å². The molecule has 0 fully saturated rings. The number of hydrogen-bond donors (Lipinski definition) is 1. The molecular formula is C18H21NO4. The minimum atomic E-state index is -0.201. The highest BCUT2D eigenvalue weighted by Crippen LogP contribution is 2.25. The lowest BCUT2D eigenvalue weighted by Gasteiger charge is -2.16. The van der Waals surface area contributed by atoms with Gasteiger partial charge in [0.1, 0.15) is 17.2 Å². The molecule has 122 valence electrons. The van der Waals surface area contributed by atoms with Crippen molar-refractivity contribution in [2.24, 2.45) is 0 Å². The predicted octanol–water partition coefficient (Wildman–Crippen LogP) is 3.20. The SMILES string of the molecule is COc1ccc([C@H](C)NC(=O)c2ccc(OC)cc2OC)cc1. The standard InChI is InChI=1S/C18H21NO4/c1-12(13-5-7-14(21-2)8-6-13)19-18(20)16-10-9-15(22-3)11-17(16)23-4/h5-12H,1-4H3,(H,19,20)/t12-/m0/s1. The van der Waals surface area contributed by atoms with Crippen molar-refractivity contribution in [3.8, 4) is 17.2 Å². The Bertz CT molecular complexity index is 667. The molecule has 0 bridgehead atoms. The number of amides is 1. The van der Waals surface area contributed by atoms with Gasteiger partial charge < -0.3 is 19.5 Å². The summed E-state index contributed by atoms with van der Waals surface area (Å²) in [7, 11) is 4.72. The van der Waals surface area contributed by atoms with Gasteiger partial charge >= 0.3 is 0 Å². The molecule has 23 heavy (non-hydrogen) atoms. The van der Waals surface area contributed by atoms with E-state index in [-0.39, 0.29) is 11.9 Å². The van der Waals surface area contributed by atoms with Crippen LogP contribution in [0.1, 0.15) is 28.9 Å². The van der Waals surface area contributed by atoms with E-state index in [0.717, 1.165) is 11.3 Å². The fourth-order valence-electron chi connectivity index (χ4n) is 2.24. The number of ether oxygens (including phenoxy) is 3. The lowest BCUT2D eigenvalue weighted by atomic mass is 10.1. The Labute approximate surface area is 136 Å². The molecule has 2 rings (SSSR count). The minimum Gasteiger partial charge on any atom is -0.497 e. The Kier molecular flexibility index (Phi) is 5.46. The van der Waals surface area contributed by atoms with Crippen molar-refractivity contribution in [1.29, 1.82) is 0 Å². The van der Waals surface area contributed by atoms with Crippen LogP contribution >= 0.6 is 0 Å². The van der Waals surface area contributed by atoms with Gasteiger partial charge in [0.25, 0.3) is 5.91 Å². The van der Waals surface area contributed by atoms with E-state index in [1.165, 1.54) is 7.11 Å². The van der Waals surface area contributed by atoms with Crippen molar-refractivity contribution in [3.63, 3.8) is 0 Å². The summed E-state index contributed by atoms with van der Waals surface area (Å²) in [6.45, 7) is 1.93. The molecule has 1 N–H and O–H groups in total. The third kappa shape index (κ3) is 3.94. The maximum absolute atomic E-state index is 12.5. The zero-order chi connectivity index (χ0) is 16.8. The van der Waals surface area contributed by atoms with Crippen LogP contribution < -0.4 is 19.5 Å². The monoisotopic (exact) mass is 315 g/mol. The van der Waals surface area contributed by atoms with Crippen LogP contribution in [0.15, 0.2) is 42.5 Å². The first kappa shape index (κ1) is 16.7. The van der Waals surface area contributed by atoms with E-state index in [1.54, 1.807) is 32.4 Å². The molecular weight excluding hydrogens is 294 g/mol. The Morgan fingerprint density at radius 3 is 2.09 bits per heavy atom. The van der Waals surface area contributed by atoms with Crippen molar-refractivity contribution < 1.29 is 19.0 Å². The lowest BCUT2D eigenvalue weighted by molar-refractivity contribution is 0.0937. The molecule has 0 spiro atoms. The highest BCUT2D eigenvalue weighted by atomic mass is 16.5. The van der Waals surface area contributed by atoms with E-state index >= 15 is 0 Å². The third-order valence-electron chi connectivity index (χ3n) is 3.62. The molecule has 0 aliphatic heterocycles. The normalized spacial score (nSPS) is 11.5. The fraction of sp³-hybridized carbons (Fsp3) is 0.278. The van der Waals surface area contributed by atoms with Crippen molar-refractivity contribution >= 4 is 5.91 Å². The van der Waals surface area contributed by atoms with Crippen LogP contribution in [-0.4, -0.2) is 27.2 Å². The summed E-state index contributed by atoms with van der Waals surface area (Å²) in [5.41, 5.74) is 1.46. The molecule has 0 heterocycles. The van der Waals surface area contributed by atoms with Gasteiger partial charge in [-0.1, -0.05) is 12.1 Å². The molecule has 1 atom stereocenters. The zero-order valence-electron chi connectivity index (χ0n) is 13.8. The van der Waals surface area contributed by atoms with Gasteiger partial charge in [-0.15, -0.1) is 0 Å². The first-order valence-corrected chi connectivity index (χ1v) is 7.26. The molecule has 5 nitrogen and oxygen atoms in total. The number of benzene rings is 2. The predicted molar refractivity (Wildman–Crippen MR) is 88.4 cm³/mol. The number of nitrogens with one attached hydrogen (secondary N) is 1.